The fraction of sp³-hybridized carbons (Fsp3) is 0.593. The molecule has 0 bridgehead atoms. The molecule has 8 aromatic carbocycles. The van der Waals surface area contributed by atoms with Crippen molar-refractivity contribution in [3.8, 4) is 0 Å². The van der Waals surface area contributed by atoms with Gasteiger partial charge in [0, 0.05) is 57.3 Å². The van der Waals surface area contributed by atoms with Crippen molar-refractivity contribution in [2.45, 2.75) is 436 Å². The summed E-state index contributed by atoms with van der Waals surface area (Å²) >= 11 is 0. The minimum atomic E-state index is 0.0558. The molecule has 8 N–H and O–H groups in total. The van der Waals surface area contributed by atoms with Gasteiger partial charge in [-0.2, -0.15) is 0 Å². The second-order valence-corrected chi connectivity index (χ2v) is 38.9. The number of hydrogen-bond donors (Lipinski definition) is 4. The van der Waals surface area contributed by atoms with Crippen LogP contribution >= 0.6 is 0 Å². The molecule has 0 spiro atoms. The maximum atomic E-state index is 6.19. The number of unbranched alkanes of at least 4 members (excludes halogenated alkanes) is 36. The molecule has 668 valence electrons. The van der Waals surface area contributed by atoms with Crippen molar-refractivity contribution in [3.63, 3.8) is 0 Å². The Bertz CT molecular complexity index is 3670. The highest BCUT2D eigenvalue weighted by Gasteiger charge is 2.41. The first kappa shape index (κ1) is 98.7. The van der Waals surface area contributed by atoms with Gasteiger partial charge in [0.15, 0.2) is 0 Å². The molecule has 0 aromatic heterocycles. The van der Waals surface area contributed by atoms with Gasteiger partial charge < -0.3 is 22.9 Å². The van der Waals surface area contributed by atoms with Crippen LogP contribution in [0.1, 0.15) is 492 Å². The van der Waals surface area contributed by atoms with Gasteiger partial charge in [0.1, 0.15) is 0 Å². The van der Waals surface area contributed by atoms with E-state index in [2.05, 4.69) is 236 Å². The first-order valence-electron chi connectivity index (χ1n) is 51.8. The summed E-state index contributed by atoms with van der Waals surface area (Å²) in [7, 11) is 0. The van der Waals surface area contributed by atoms with Crippen LogP contribution in [-0.2, 0) is 10.8 Å². The predicted molar refractivity (Wildman–Crippen MR) is 538 cm³/mol. The molecule has 0 radical (unpaired) electrons. The maximum absolute atomic E-state index is 6.19. The summed E-state index contributed by atoms with van der Waals surface area (Å²) in [5.41, 5.74) is 45.7. The highest BCUT2D eigenvalue weighted by molar-refractivity contribution is 5.51. The van der Waals surface area contributed by atoms with Gasteiger partial charge in [0.2, 0.25) is 0 Å². The molecular formula is C118H176N4. The summed E-state index contributed by atoms with van der Waals surface area (Å²) in [4.78, 5) is 0. The van der Waals surface area contributed by atoms with Crippen molar-refractivity contribution in [2.75, 3.05) is 22.9 Å². The van der Waals surface area contributed by atoms with Gasteiger partial charge in [-0.3, -0.25) is 0 Å². The number of rotatable bonds is 60. The SMILES string of the molecule is CCCCCCCCCCCC(c1ccc(N)cc1)c1ccc(C2(c3ccc(C(CCCCCCCCCCC)c4ccc(N)cc4)cc3)CCC(CCCC)CC2)cc1.CCCCCCCCCCCCC(c1ccc(N)cc1)c1ccc(C2(c3ccc(C(CCCCCCCCCCCC)c4ccc(N)cc4)cc3)CCC(CCCC)CC2)cc1. The van der Waals surface area contributed by atoms with Crippen LogP contribution in [-0.4, -0.2) is 0 Å². The Labute approximate surface area is 749 Å². The van der Waals surface area contributed by atoms with E-state index in [0.717, 1.165) is 34.6 Å². The molecule has 0 amide bonds. The molecule has 0 aliphatic heterocycles. The van der Waals surface area contributed by atoms with Crippen molar-refractivity contribution in [2.24, 2.45) is 11.8 Å². The smallest absolute Gasteiger partial charge is 0.0314 e. The molecule has 2 fully saturated rings. The molecule has 2 aliphatic carbocycles. The van der Waals surface area contributed by atoms with E-state index < -0.39 is 0 Å². The van der Waals surface area contributed by atoms with E-state index in [0.29, 0.717) is 23.7 Å². The quantitative estimate of drug-likeness (QED) is 0.0225. The van der Waals surface area contributed by atoms with E-state index in [1.165, 1.54) is 426 Å². The topological polar surface area (TPSA) is 104 Å². The minimum absolute atomic E-state index is 0.0558. The largest absolute Gasteiger partial charge is 0.399 e. The zero-order chi connectivity index (χ0) is 85.9. The second-order valence-electron chi connectivity index (χ2n) is 38.9. The van der Waals surface area contributed by atoms with E-state index in [1.54, 1.807) is 0 Å². The molecule has 10 rings (SSSR count). The normalized spacial score (nSPS) is 17.7. The lowest BCUT2D eigenvalue weighted by molar-refractivity contribution is 0.251. The summed E-state index contributed by atoms with van der Waals surface area (Å²) in [6.45, 7) is 13.9. The number of hydrogen-bond acceptors (Lipinski definition) is 4. The fourth-order valence-electron chi connectivity index (χ4n) is 21.5. The molecule has 0 heterocycles. The lowest BCUT2D eigenvalue weighted by Crippen LogP contribution is -2.33. The molecule has 2 aliphatic rings. The Morgan fingerprint density at radius 2 is 0.344 bits per heavy atom. The zero-order valence-corrected chi connectivity index (χ0v) is 78.8. The van der Waals surface area contributed by atoms with E-state index in [9.17, 15) is 0 Å². The third kappa shape index (κ3) is 33.1. The summed E-state index contributed by atoms with van der Waals surface area (Å²) in [5, 5.41) is 0. The van der Waals surface area contributed by atoms with Crippen LogP contribution in [0.3, 0.4) is 0 Å². The number of anilines is 4. The second kappa shape index (κ2) is 57.5. The van der Waals surface area contributed by atoms with E-state index in [1.807, 2.05) is 0 Å². The predicted octanol–water partition coefficient (Wildman–Crippen LogP) is 36.0. The summed E-state index contributed by atoms with van der Waals surface area (Å²) in [6.07, 6.45) is 75.1. The zero-order valence-electron chi connectivity index (χ0n) is 78.8. The molecule has 8 aromatic rings. The van der Waals surface area contributed by atoms with Crippen molar-refractivity contribution < 1.29 is 0 Å². The lowest BCUT2D eigenvalue weighted by atomic mass is 9.62. The number of nitrogen functional groups attached to an aromatic ring is 4. The van der Waals surface area contributed by atoms with Gasteiger partial charge in [-0.25, -0.2) is 0 Å². The van der Waals surface area contributed by atoms with Crippen molar-refractivity contribution >= 4 is 22.7 Å². The summed E-state index contributed by atoms with van der Waals surface area (Å²) in [5.74, 6) is 3.32. The highest BCUT2D eigenvalue weighted by Crippen LogP contribution is 2.51. The van der Waals surface area contributed by atoms with Crippen LogP contribution in [0, 0.1) is 11.8 Å². The van der Waals surface area contributed by atoms with Crippen molar-refractivity contribution in [1.82, 2.24) is 0 Å². The van der Waals surface area contributed by atoms with Crippen LogP contribution < -0.4 is 22.9 Å². The van der Waals surface area contributed by atoms with Crippen LogP contribution in [0.5, 0.6) is 0 Å². The van der Waals surface area contributed by atoms with Gasteiger partial charge in [-0.15, -0.1) is 0 Å². The first-order valence-corrected chi connectivity index (χ1v) is 51.8. The summed E-state index contributed by atoms with van der Waals surface area (Å²) in [6, 6.07) is 75.1. The first-order chi connectivity index (χ1) is 59.9. The molecule has 4 atom stereocenters. The Morgan fingerprint density at radius 1 is 0.197 bits per heavy atom. The minimum Gasteiger partial charge on any atom is -0.399 e. The van der Waals surface area contributed by atoms with Gasteiger partial charge in [-0.1, -0.05) is 470 Å². The van der Waals surface area contributed by atoms with E-state index in [4.69, 9.17) is 22.9 Å². The van der Waals surface area contributed by atoms with Crippen LogP contribution in [0.2, 0.25) is 0 Å². The Hall–Kier alpha value is -7.04. The number of nitrogens with two attached hydrogens (primary N) is 4. The van der Waals surface area contributed by atoms with Gasteiger partial charge >= 0.3 is 0 Å². The number of benzene rings is 8. The third-order valence-corrected chi connectivity index (χ3v) is 29.6. The standard InChI is InChI=1S/C60H90N2.C58H86N2/c1-4-7-10-12-14-16-18-20-22-24-27-58(52-33-41-56(61)42-34-52)50-29-37-54(38-30-50)60(47-45-49(46-48-60)26-9-6-3)55-39-31-51(32-40-55)59(53-35-43-57(62)44-36-53)28-25-23-21-19-17-15-13-11-8-5-2;1-4-7-10-12-14-16-18-20-22-25-56(50-31-39-54(59)40-32-50)48-27-35-52(36-28-48)58(45-43-47(44-46-58)24-9-6-3)53-37-29-49(30-38-53)57(51-33-41-55(60)42-34-51)26-23-21-19-17-15-13-11-8-5-2/h29-44,49,58-59H,4-28,45-48,61-62H2,1-3H3;27-42,47,56-57H,4-26,43-46,59-60H2,1-3H3. The Kier molecular flexibility index (Phi) is 46.6. The highest BCUT2D eigenvalue weighted by atomic mass is 14.6. The average molecular weight is 1650 g/mol. The molecule has 4 heteroatoms. The van der Waals surface area contributed by atoms with E-state index in [-0.39, 0.29) is 10.8 Å². The molecule has 4 nitrogen and oxygen atoms in total. The van der Waals surface area contributed by atoms with Gasteiger partial charge in [-0.05, 0) is 204 Å². The molecule has 122 heavy (non-hydrogen) atoms. The van der Waals surface area contributed by atoms with Crippen molar-refractivity contribution in [1.29, 1.82) is 0 Å². The molecule has 0 saturated heterocycles. The van der Waals surface area contributed by atoms with Crippen LogP contribution in [0.25, 0.3) is 0 Å². The molecule has 4 unspecified atom stereocenters. The monoisotopic (exact) mass is 1650 g/mol. The molecule has 2 saturated carbocycles. The summed E-state index contributed by atoms with van der Waals surface area (Å²) < 4.78 is 0. The van der Waals surface area contributed by atoms with Gasteiger partial charge in [0.25, 0.3) is 0 Å². The maximum Gasteiger partial charge on any atom is 0.0314 e. The average Bonchev–Trinajstić information content (AvgIpc) is 0.764. The fourth-order valence-corrected chi connectivity index (χ4v) is 21.5. The lowest BCUT2D eigenvalue weighted by Gasteiger charge is -2.42. The molecular weight excluding hydrogens is 1470 g/mol. The Morgan fingerprint density at radius 3 is 0.508 bits per heavy atom. The van der Waals surface area contributed by atoms with E-state index >= 15 is 0 Å². The van der Waals surface area contributed by atoms with Gasteiger partial charge in [0.05, 0.1) is 0 Å². The van der Waals surface area contributed by atoms with Crippen LogP contribution in [0.15, 0.2) is 194 Å². The van der Waals surface area contributed by atoms with Crippen LogP contribution in [0.4, 0.5) is 22.7 Å². The Balaban J connectivity index is 0.000000277. The third-order valence-electron chi connectivity index (χ3n) is 29.6. The van der Waals surface area contributed by atoms with Crippen molar-refractivity contribution in [3.05, 3.63) is 261 Å².